The lowest BCUT2D eigenvalue weighted by molar-refractivity contribution is -0.884. The van der Waals surface area contributed by atoms with Crippen LogP contribution in [-0.2, 0) is 6.54 Å². The summed E-state index contributed by atoms with van der Waals surface area (Å²) in [6.45, 7) is 2.92. The Morgan fingerprint density at radius 2 is 1.83 bits per heavy atom. The van der Waals surface area contributed by atoms with E-state index >= 15 is 0 Å². The molecule has 0 bridgehead atoms. The minimum atomic E-state index is 0. The van der Waals surface area contributed by atoms with Crippen LogP contribution in [-0.4, -0.2) is 25.6 Å². The van der Waals surface area contributed by atoms with Crippen LogP contribution in [0.3, 0.4) is 0 Å². The SMILES string of the molecule is Cc1ccc(C[N+](C)(C)C)o1.I. The molecular weight excluding hydrogens is 265 g/mol. The first-order valence-corrected chi connectivity index (χ1v) is 3.83. The third kappa shape index (κ3) is 4.11. The quantitative estimate of drug-likeness (QED) is 0.600. The Kier molecular flexibility index (Phi) is 4.26. The highest BCUT2D eigenvalue weighted by atomic mass is 127. The van der Waals surface area contributed by atoms with Gasteiger partial charge >= 0.3 is 0 Å². The zero-order chi connectivity index (χ0) is 8.48. The third-order valence-electron chi connectivity index (χ3n) is 1.43. The second-order valence-electron chi connectivity index (χ2n) is 3.96. The smallest absolute Gasteiger partial charge is 0.158 e. The van der Waals surface area contributed by atoms with Gasteiger partial charge in [0.2, 0.25) is 0 Å². The Hall–Kier alpha value is -0.0300. The van der Waals surface area contributed by atoms with Gasteiger partial charge in [0.15, 0.2) is 5.76 Å². The number of hydrogen-bond acceptors (Lipinski definition) is 1. The molecule has 0 spiro atoms. The number of quaternary nitrogens is 1. The van der Waals surface area contributed by atoms with E-state index in [1.807, 2.05) is 19.1 Å². The Labute approximate surface area is 91.2 Å². The first kappa shape index (κ1) is 12.0. The van der Waals surface area contributed by atoms with E-state index in [0.717, 1.165) is 22.5 Å². The van der Waals surface area contributed by atoms with E-state index in [1.165, 1.54) is 0 Å². The first-order valence-electron chi connectivity index (χ1n) is 3.83. The molecule has 0 saturated heterocycles. The Morgan fingerprint density at radius 3 is 2.17 bits per heavy atom. The van der Waals surface area contributed by atoms with E-state index < -0.39 is 0 Å². The number of aryl methyl sites for hydroxylation is 1. The van der Waals surface area contributed by atoms with Crippen LogP contribution < -0.4 is 0 Å². The summed E-state index contributed by atoms with van der Waals surface area (Å²) in [5.41, 5.74) is 0. The lowest BCUT2D eigenvalue weighted by atomic mass is 10.4. The first-order chi connectivity index (χ1) is 4.97. The van der Waals surface area contributed by atoms with E-state index in [0.29, 0.717) is 0 Å². The monoisotopic (exact) mass is 282 g/mol. The van der Waals surface area contributed by atoms with Crippen molar-refractivity contribution in [3.05, 3.63) is 23.7 Å². The Bertz CT molecular complexity index is 237. The van der Waals surface area contributed by atoms with Gasteiger partial charge in [-0.3, -0.25) is 0 Å². The van der Waals surface area contributed by atoms with Crippen molar-refractivity contribution in [2.45, 2.75) is 13.5 Å². The molecule has 0 atom stereocenters. The minimum Gasteiger partial charge on any atom is -0.460 e. The third-order valence-corrected chi connectivity index (χ3v) is 1.43. The standard InChI is InChI=1S/C9H16NO.HI/c1-8-5-6-9(11-8)7-10(2,3)4;/h5-6H,7H2,1-4H3;1H/q+1;. The molecule has 1 heterocycles. The van der Waals surface area contributed by atoms with Crippen molar-refractivity contribution in [1.29, 1.82) is 0 Å². The van der Waals surface area contributed by atoms with Crippen molar-refractivity contribution in [2.75, 3.05) is 21.1 Å². The number of halogens is 1. The predicted molar refractivity (Wildman–Crippen MR) is 60.6 cm³/mol. The van der Waals surface area contributed by atoms with Gasteiger partial charge in [0.25, 0.3) is 0 Å². The van der Waals surface area contributed by atoms with Gasteiger partial charge in [-0.05, 0) is 19.1 Å². The summed E-state index contributed by atoms with van der Waals surface area (Å²) in [6.07, 6.45) is 0. The van der Waals surface area contributed by atoms with Crippen LogP contribution in [0.15, 0.2) is 16.5 Å². The van der Waals surface area contributed by atoms with Crippen LogP contribution in [0.25, 0.3) is 0 Å². The van der Waals surface area contributed by atoms with Crippen LogP contribution in [0.4, 0.5) is 0 Å². The van der Waals surface area contributed by atoms with Gasteiger partial charge in [-0.15, -0.1) is 24.0 Å². The molecule has 0 amide bonds. The second-order valence-corrected chi connectivity index (χ2v) is 3.96. The summed E-state index contributed by atoms with van der Waals surface area (Å²) >= 11 is 0. The lowest BCUT2D eigenvalue weighted by Crippen LogP contribution is -2.33. The molecule has 0 aromatic carbocycles. The number of nitrogens with zero attached hydrogens (tertiary/aromatic N) is 1. The van der Waals surface area contributed by atoms with Crippen molar-refractivity contribution in [3.8, 4) is 0 Å². The van der Waals surface area contributed by atoms with Gasteiger partial charge in [-0.2, -0.15) is 0 Å². The molecule has 0 fully saturated rings. The van der Waals surface area contributed by atoms with Gasteiger partial charge in [0.1, 0.15) is 12.3 Å². The topological polar surface area (TPSA) is 13.1 Å². The second kappa shape index (κ2) is 4.28. The molecule has 0 aliphatic carbocycles. The largest absolute Gasteiger partial charge is 0.460 e. The molecule has 2 nitrogen and oxygen atoms in total. The highest BCUT2D eigenvalue weighted by Gasteiger charge is 2.10. The fourth-order valence-corrected chi connectivity index (χ4v) is 1.04. The summed E-state index contributed by atoms with van der Waals surface area (Å²) in [5, 5.41) is 0. The van der Waals surface area contributed by atoms with Gasteiger partial charge in [0, 0.05) is 0 Å². The van der Waals surface area contributed by atoms with Crippen LogP contribution in [0.2, 0.25) is 0 Å². The van der Waals surface area contributed by atoms with Gasteiger partial charge in [-0.1, -0.05) is 0 Å². The fraction of sp³-hybridized carbons (Fsp3) is 0.556. The van der Waals surface area contributed by atoms with E-state index in [4.69, 9.17) is 4.42 Å². The average Bonchev–Trinajstić information content (AvgIpc) is 2.10. The maximum absolute atomic E-state index is 5.44. The maximum atomic E-state index is 5.44. The highest BCUT2D eigenvalue weighted by molar-refractivity contribution is 14.0. The number of rotatable bonds is 2. The summed E-state index contributed by atoms with van der Waals surface area (Å²) < 4.78 is 6.35. The Morgan fingerprint density at radius 1 is 1.25 bits per heavy atom. The summed E-state index contributed by atoms with van der Waals surface area (Å²) in [6, 6.07) is 4.05. The molecule has 12 heavy (non-hydrogen) atoms. The van der Waals surface area contributed by atoms with Crippen LogP contribution in [0.1, 0.15) is 11.5 Å². The molecule has 0 radical (unpaired) electrons. The molecule has 0 N–H and O–H groups in total. The van der Waals surface area contributed by atoms with Crippen LogP contribution in [0, 0.1) is 6.92 Å². The molecule has 0 unspecified atom stereocenters. The van der Waals surface area contributed by atoms with Crippen LogP contribution >= 0.6 is 24.0 Å². The summed E-state index contributed by atoms with van der Waals surface area (Å²) in [4.78, 5) is 0. The van der Waals surface area contributed by atoms with E-state index in [-0.39, 0.29) is 24.0 Å². The molecule has 1 rings (SSSR count). The maximum Gasteiger partial charge on any atom is 0.158 e. The van der Waals surface area contributed by atoms with E-state index in [9.17, 15) is 0 Å². The number of hydrogen-bond donors (Lipinski definition) is 0. The number of furan rings is 1. The van der Waals surface area contributed by atoms with E-state index in [1.54, 1.807) is 0 Å². The van der Waals surface area contributed by atoms with Gasteiger partial charge in [0.05, 0.1) is 21.1 Å². The van der Waals surface area contributed by atoms with Gasteiger partial charge in [-0.25, -0.2) is 0 Å². The molecular formula is C9H17INO+. The minimum absolute atomic E-state index is 0. The predicted octanol–water partition coefficient (Wildman–Crippen LogP) is 2.41. The van der Waals surface area contributed by atoms with Crippen molar-refractivity contribution in [1.82, 2.24) is 0 Å². The molecule has 3 heteroatoms. The fourth-order valence-electron chi connectivity index (χ4n) is 1.04. The van der Waals surface area contributed by atoms with Crippen molar-refractivity contribution < 1.29 is 8.90 Å². The highest BCUT2D eigenvalue weighted by Crippen LogP contribution is 2.10. The van der Waals surface area contributed by atoms with Crippen molar-refractivity contribution in [2.24, 2.45) is 0 Å². The van der Waals surface area contributed by atoms with Crippen molar-refractivity contribution in [3.63, 3.8) is 0 Å². The molecule has 0 aliphatic heterocycles. The van der Waals surface area contributed by atoms with Crippen molar-refractivity contribution >= 4 is 24.0 Å². The normalized spacial score (nSPS) is 11.0. The molecule has 0 saturated carbocycles. The zero-order valence-corrected chi connectivity index (χ0v) is 10.5. The lowest BCUT2D eigenvalue weighted by Gasteiger charge is -2.22. The molecule has 0 aliphatic rings. The molecule has 1 aromatic rings. The summed E-state index contributed by atoms with van der Waals surface area (Å²) in [5.74, 6) is 2.06. The Balaban J connectivity index is 0.00000121. The zero-order valence-electron chi connectivity index (χ0n) is 8.13. The van der Waals surface area contributed by atoms with Gasteiger partial charge < -0.3 is 8.90 Å². The average molecular weight is 282 g/mol. The van der Waals surface area contributed by atoms with Crippen LogP contribution in [0.5, 0.6) is 0 Å². The molecule has 70 valence electrons. The molecule has 1 aromatic heterocycles. The van der Waals surface area contributed by atoms with E-state index in [2.05, 4.69) is 21.1 Å². The summed E-state index contributed by atoms with van der Waals surface area (Å²) in [7, 11) is 6.45.